The Kier molecular flexibility index (Phi) is 4.25. The number of thioether (sulfide) groups is 1. The maximum atomic E-state index is 5.66. The topological polar surface area (TPSA) is 38.9 Å². The molecule has 0 radical (unpaired) electrons. The van der Waals surface area contributed by atoms with Crippen molar-refractivity contribution in [2.45, 2.75) is 31.2 Å². The van der Waals surface area contributed by atoms with Gasteiger partial charge in [0.05, 0.1) is 0 Å². The SMILES string of the molecule is Cc1cncc(SCCC(C)N)c1. The molecule has 3 heteroatoms. The number of pyridine rings is 1. The Hall–Kier alpha value is -0.540. The van der Waals surface area contributed by atoms with E-state index < -0.39 is 0 Å². The Labute approximate surface area is 83.9 Å². The molecule has 1 unspecified atom stereocenters. The average molecular weight is 196 g/mol. The fourth-order valence-corrected chi connectivity index (χ4v) is 2.10. The number of hydrogen-bond acceptors (Lipinski definition) is 3. The molecule has 0 aliphatic carbocycles. The molecule has 0 aliphatic heterocycles. The van der Waals surface area contributed by atoms with E-state index in [4.69, 9.17) is 5.73 Å². The van der Waals surface area contributed by atoms with Crippen LogP contribution in [-0.2, 0) is 0 Å². The predicted molar refractivity (Wildman–Crippen MR) is 58.0 cm³/mol. The lowest BCUT2D eigenvalue weighted by atomic mass is 10.3. The van der Waals surface area contributed by atoms with E-state index in [9.17, 15) is 0 Å². The molecule has 1 atom stereocenters. The van der Waals surface area contributed by atoms with Gasteiger partial charge in [0, 0.05) is 23.3 Å². The summed E-state index contributed by atoms with van der Waals surface area (Å²) in [4.78, 5) is 5.37. The lowest BCUT2D eigenvalue weighted by molar-refractivity contribution is 0.721. The second-order valence-corrected chi connectivity index (χ2v) is 4.48. The molecule has 72 valence electrons. The van der Waals surface area contributed by atoms with Crippen LogP contribution in [0.2, 0.25) is 0 Å². The summed E-state index contributed by atoms with van der Waals surface area (Å²) >= 11 is 1.82. The Balaban J connectivity index is 2.37. The van der Waals surface area contributed by atoms with Crippen molar-refractivity contribution in [2.24, 2.45) is 5.73 Å². The molecule has 1 aromatic rings. The van der Waals surface area contributed by atoms with E-state index in [-0.39, 0.29) is 0 Å². The summed E-state index contributed by atoms with van der Waals surface area (Å²) in [5.41, 5.74) is 6.87. The van der Waals surface area contributed by atoms with Crippen LogP contribution in [0.4, 0.5) is 0 Å². The van der Waals surface area contributed by atoms with Gasteiger partial charge in [-0.25, -0.2) is 0 Å². The Morgan fingerprint density at radius 2 is 2.31 bits per heavy atom. The van der Waals surface area contributed by atoms with Crippen LogP contribution >= 0.6 is 11.8 Å². The van der Waals surface area contributed by atoms with Gasteiger partial charge in [-0.15, -0.1) is 11.8 Å². The number of nitrogens with two attached hydrogens (primary N) is 1. The maximum absolute atomic E-state index is 5.66. The zero-order valence-corrected chi connectivity index (χ0v) is 8.97. The van der Waals surface area contributed by atoms with E-state index in [0.717, 1.165) is 12.2 Å². The molecule has 0 aromatic carbocycles. The lowest BCUT2D eigenvalue weighted by Gasteiger charge is -2.04. The molecule has 2 N–H and O–H groups in total. The highest BCUT2D eigenvalue weighted by molar-refractivity contribution is 7.99. The van der Waals surface area contributed by atoms with Gasteiger partial charge in [0.2, 0.25) is 0 Å². The molecule has 0 spiro atoms. The average Bonchev–Trinajstić information content (AvgIpc) is 2.03. The van der Waals surface area contributed by atoms with Crippen molar-refractivity contribution in [1.82, 2.24) is 4.98 Å². The Morgan fingerprint density at radius 3 is 2.92 bits per heavy atom. The van der Waals surface area contributed by atoms with Gasteiger partial charge in [0.15, 0.2) is 0 Å². The van der Waals surface area contributed by atoms with Gasteiger partial charge in [0.25, 0.3) is 0 Å². The van der Waals surface area contributed by atoms with Gasteiger partial charge in [-0.2, -0.15) is 0 Å². The molecule has 0 aliphatic rings. The lowest BCUT2D eigenvalue weighted by Crippen LogP contribution is -2.15. The molecule has 0 saturated carbocycles. The van der Waals surface area contributed by atoms with Crippen LogP contribution in [-0.4, -0.2) is 16.8 Å². The molecule has 0 bridgehead atoms. The summed E-state index contributed by atoms with van der Waals surface area (Å²) in [7, 11) is 0. The van der Waals surface area contributed by atoms with Crippen LogP contribution in [0, 0.1) is 6.92 Å². The van der Waals surface area contributed by atoms with Crippen LogP contribution in [0.1, 0.15) is 18.9 Å². The molecule has 1 heterocycles. The molecule has 1 aromatic heterocycles. The van der Waals surface area contributed by atoms with Gasteiger partial charge in [-0.1, -0.05) is 0 Å². The molecular formula is C10H16N2S. The first-order valence-corrected chi connectivity index (χ1v) is 5.47. The van der Waals surface area contributed by atoms with Crippen molar-refractivity contribution in [2.75, 3.05) is 5.75 Å². The molecule has 13 heavy (non-hydrogen) atoms. The van der Waals surface area contributed by atoms with Gasteiger partial charge in [0.1, 0.15) is 0 Å². The first-order chi connectivity index (χ1) is 6.18. The van der Waals surface area contributed by atoms with E-state index in [1.165, 1.54) is 10.5 Å². The highest BCUT2D eigenvalue weighted by Gasteiger charge is 1.97. The van der Waals surface area contributed by atoms with Crippen LogP contribution in [0.5, 0.6) is 0 Å². The number of aryl methyl sites for hydroxylation is 1. The van der Waals surface area contributed by atoms with Gasteiger partial charge >= 0.3 is 0 Å². The molecular weight excluding hydrogens is 180 g/mol. The third-order valence-electron chi connectivity index (χ3n) is 1.69. The van der Waals surface area contributed by atoms with Crippen molar-refractivity contribution in [3.63, 3.8) is 0 Å². The summed E-state index contributed by atoms with van der Waals surface area (Å²) < 4.78 is 0. The summed E-state index contributed by atoms with van der Waals surface area (Å²) in [6.45, 7) is 4.09. The third kappa shape index (κ3) is 4.29. The van der Waals surface area contributed by atoms with E-state index in [0.29, 0.717) is 6.04 Å². The number of aromatic nitrogens is 1. The fourth-order valence-electron chi connectivity index (χ4n) is 0.969. The van der Waals surface area contributed by atoms with Crippen LogP contribution in [0.3, 0.4) is 0 Å². The predicted octanol–water partition coefficient (Wildman–Crippen LogP) is 2.22. The molecule has 1 rings (SSSR count). The Bertz CT molecular complexity index is 261. The number of hydrogen-bond donors (Lipinski definition) is 1. The van der Waals surface area contributed by atoms with Crippen molar-refractivity contribution >= 4 is 11.8 Å². The van der Waals surface area contributed by atoms with Crippen LogP contribution < -0.4 is 5.73 Å². The third-order valence-corrected chi connectivity index (χ3v) is 2.69. The van der Waals surface area contributed by atoms with Crippen molar-refractivity contribution < 1.29 is 0 Å². The van der Waals surface area contributed by atoms with Gasteiger partial charge < -0.3 is 5.73 Å². The minimum absolute atomic E-state index is 0.297. The molecule has 0 saturated heterocycles. The normalized spacial score (nSPS) is 12.8. The zero-order valence-electron chi connectivity index (χ0n) is 8.16. The van der Waals surface area contributed by atoms with Crippen LogP contribution in [0.25, 0.3) is 0 Å². The minimum atomic E-state index is 0.297. The molecule has 0 fully saturated rings. The summed E-state index contributed by atoms with van der Waals surface area (Å²) in [5.74, 6) is 1.07. The summed E-state index contributed by atoms with van der Waals surface area (Å²) in [5, 5.41) is 0. The summed E-state index contributed by atoms with van der Waals surface area (Å²) in [6.07, 6.45) is 4.83. The highest BCUT2D eigenvalue weighted by atomic mass is 32.2. The fraction of sp³-hybridized carbons (Fsp3) is 0.500. The summed E-state index contributed by atoms with van der Waals surface area (Å²) in [6, 6.07) is 2.45. The minimum Gasteiger partial charge on any atom is -0.328 e. The largest absolute Gasteiger partial charge is 0.328 e. The van der Waals surface area contributed by atoms with E-state index in [2.05, 4.69) is 18.0 Å². The van der Waals surface area contributed by atoms with E-state index in [1.54, 1.807) is 0 Å². The van der Waals surface area contributed by atoms with Crippen molar-refractivity contribution in [1.29, 1.82) is 0 Å². The van der Waals surface area contributed by atoms with Crippen molar-refractivity contribution in [3.05, 3.63) is 24.0 Å². The quantitative estimate of drug-likeness (QED) is 0.750. The van der Waals surface area contributed by atoms with Gasteiger partial charge in [-0.05, 0) is 37.7 Å². The van der Waals surface area contributed by atoms with Gasteiger partial charge in [-0.3, -0.25) is 4.98 Å². The number of nitrogens with zero attached hydrogens (tertiary/aromatic N) is 1. The number of rotatable bonds is 4. The second-order valence-electron chi connectivity index (χ2n) is 3.31. The second kappa shape index (κ2) is 5.25. The van der Waals surface area contributed by atoms with E-state index >= 15 is 0 Å². The van der Waals surface area contributed by atoms with E-state index in [1.807, 2.05) is 31.1 Å². The first kappa shape index (κ1) is 10.5. The monoisotopic (exact) mass is 196 g/mol. The zero-order chi connectivity index (χ0) is 9.68. The maximum Gasteiger partial charge on any atom is 0.0404 e. The standard InChI is InChI=1S/C10H16N2S/c1-8-5-10(7-12-6-8)13-4-3-9(2)11/h5-7,9H,3-4,11H2,1-2H3. The van der Waals surface area contributed by atoms with Crippen molar-refractivity contribution in [3.8, 4) is 0 Å². The highest BCUT2D eigenvalue weighted by Crippen LogP contribution is 2.18. The Morgan fingerprint density at radius 1 is 1.54 bits per heavy atom. The first-order valence-electron chi connectivity index (χ1n) is 4.48. The smallest absolute Gasteiger partial charge is 0.0404 e. The van der Waals surface area contributed by atoms with Crippen LogP contribution in [0.15, 0.2) is 23.4 Å². The molecule has 2 nitrogen and oxygen atoms in total. The molecule has 0 amide bonds.